The summed E-state index contributed by atoms with van der Waals surface area (Å²) in [6.07, 6.45) is 5.37. The Hall–Kier alpha value is -1.81. The molecule has 0 fully saturated rings. The van der Waals surface area contributed by atoms with Crippen molar-refractivity contribution >= 4 is 0 Å². The second-order valence-corrected chi connectivity index (χ2v) is 5.97. The molecule has 0 spiro atoms. The summed E-state index contributed by atoms with van der Waals surface area (Å²) < 4.78 is 0. The summed E-state index contributed by atoms with van der Waals surface area (Å²) in [6, 6.07) is 4.11. The van der Waals surface area contributed by atoms with E-state index in [1.807, 2.05) is 27.1 Å². The average Bonchev–Trinajstić information content (AvgIpc) is 2.46. The predicted molar refractivity (Wildman–Crippen MR) is 84.2 cm³/mol. The van der Waals surface area contributed by atoms with Gasteiger partial charge in [0.15, 0.2) is 5.82 Å². The molecule has 1 unspecified atom stereocenters. The molecule has 0 radical (unpaired) electrons. The van der Waals surface area contributed by atoms with Gasteiger partial charge in [0.1, 0.15) is 0 Å². The molecule has 1 aliphatic carbocycles. The van der Waals surface area contributed by atoms with Crippen molar-refractivity contribution in [3.05, 3.63) is 41.0 Å². The number of aromatic nitrogens is 3. The minimum absolute atomic E-state index is 0.711. The second kappa shape index (κ2) is 5.90. The van der Waals surface area contributed by atoms with Crippen molar-refractivity contribution in [2.75, 3.05) is 13.6 Å². The van der Waals surface area contributed by atoms with Crippen molar-refractivity contribution in [1.29, 1.82) is 0 Å². The predicted octanol–water partition coefficient (Wildman–Crippen LogP) is 2.48. The first-order chi connectivity index (χ1) is 10.2. The van der Waals surface area contributed by atoms with Crippen LogP contribution in [0.1, 0.15) is 29.1 Å². The van der Waals surface area contributed by atoms with Crippen LogP contribution in [0, 0.1) is 19.8 Å². The zero-order valence-corrected chi connectivity index (χ0v) is 13.0. The van der Waals surface area contributed by atoms with Crippen molar-refractivity contribution in [2.45, 2.75) is 33.1 Å². The standard InChI is InChI=1S/C17H22N4/c1-11-6-14(7-12(2)20-11)17-19-10-15-8-13(9-18-3)4-5-16(15)21-17/h6-7,10,13,18H,4-5,8-9H2,1-3H3. The Kier molecular flexibility index (Phi) is 3.97. The zero-order valence-electron chi connectivity index (χ0n) is 13.0. The molecule has 3 rings (SSSR count). The summed E-state index contributed by atoms with van der Waals surface area (Å²) in [5, 5.41) is 3.27. The molecule has 0 aliphatic heterocycles. The molecule has 2 aromatic heterocycles. The van der Waals surface area contributed by atoms with Crippen molar-refractivity contribution in [1.82, 2.24) is 20.3 Å². The molecule has 110 valence electrons. The summed E-state index contributed by atoms with van der Waals surface area (Å²) in [5.74, 6) is 1.54. The van der Waals surface area contributed by atoms with Crippen molar-refractivity contribution in [3.8, 4) is 11.4 Å². The Morgan fingerprint density at radius 3 is 2.67 bits per heavy atom. The number of hydrogen-bond acceptors (Lipinski definition) is 4. The molecule has 1 N–H and O–H groups in total. The van der Waals surface area contributed by atoms with Crippen LogP contribution in [0.4, 0.5) is 0 Å². The third kappa shape index (κ3) is 3.10. The smallest absolute Gasteiger partial charge is 0.159 e. The van der Waals surface area contributed by atoms with Crippen molar-refractivity contribution < 1.29 is 0 Å². The van der Waals surface area contributed by atoms with Gasteiger partial charge in [-0.05, 0) is 70.3 Å². The van der Waals surface area contributed by atoms with E-state index in [9.17, 15) is 0 Å². The molecule has 2 heterocycles. The summed E-state index contributed by atoms with van der Waals surface area (Å²) >= 11 is 0. The van der Waals surface area contributed by atoms with E-state index in [1.54, 1.807) is 0 Å². The fourth-order valence-corrected chi connectivity index (χ4v) is 3.15. The van der Waals surface area contributed by atoms with E-state index >= 15 is 0 Å². The summed E-state index contributed by atoms with van der Waals surface area (Å²) in [6.45, 7) is 5.10. The quantitative estimate of drug-likeness (QED) is 0.939. The van der Waals surface area contributed by atoms with Gasteiger partial charge >= 0.3 is 0 Å². The molecule has 0 aromatic carbocycles. The summed E-state index contributed by atoms with van der Waals surface area (Å²) in [7, 11) is 2.02. The van der Waals surface area contributed by atoms with E-state index < -0.39 is 0 Å². The molecule has 1 aliphatic rings. The van der Waals surface area contributed by atoms with Gasteiger partial charge in [0.2, 0.25) is 0 Å². The third-order valence-corrected chi connectivity index (χ3v) is 4.08. The Balaban J connectivity index is 1.90. The lowest BCUT2D eigenvalue weighted by Gasteiger charge is -2.23. The average molecular weight is 282 g/mol. The number of nitrogens with zero attached hydrogens (tertiary/aromatic N) is 3. The Bertz CT molecular complexity index is 631. The molecular formula is C17H22N4. The number of rotatable bonds is 3. The Morgan fingerprint density at radius 2 is 1.95 bits per heavy atom. The van der Waals surface area contributed by atoms with E-state index in [1.165, 1.54) is 17.7 Å². The van der Waals surface area contributed by atoms with Gasteiger partial charge in [0, 0.05) is 28.8 Å². The molecule has 0 amide bonds. The van der Waals surface area contributed by atoms with Crippen LogP contribution in [-0.2, 0) is 12.8 Å². The zero-order chi connectivity index (χ0) is 14.8. The fourth-order valence-electron chi connectivity index (χ4n) is 3.15. The number of fused-ring (bicyclic) bond motifs is 1. The van der Waals surface area contributed by atoms with Gasteiger partial charge in [-0.2, -0.15) is 0 Å². The largest absolute Gasteiger partial charge is 0.319 e. The van der Waals surface area contributed by atoms with Crippen LogP contribution in [-0.4, -0.2) is 28.5 Å². The molecule has 2 aromatic rings. The maximum atomic E-state index is 4.80. The molecule has 4 nitrogen and oxygen atoms in total. The van der Waals surface area contributed by atoms with Crippen molar-refractivity contribution in [2.24, 2.45) is 5.92 Å². The summed E-state index contributed by atoms with van der Waals surface area (Å²) in [4.78, 5) is 13.8. The van der Waals surface area contributed by atoms with E-state index in [-0.39, 0.29) is 0 Å². The van der Waals surface area contributed by atoms with Crippen molar-refractivity contribution in [3.63, 3.8) is 0 Å². The van der Waals surface area contributed by atoms with Gasteiger partial charge in [-0.15, -0.1) is 0 Å². The molecule has 1 atom stereocenters. The maximum absolute atomic E-state index is 4.80. The minimum atomic E-state index is 0.711. The lowest BCUT2D eigenvalue weighted by Crippen LogP contribution is -2.25. The number of hydrogen-bond donors (Lipinski definition) is 1. The van der Waals surface area contributed by atoms with E-state index in [4.69, 9.17) is 4.98 Å². The first-order valence-electron chi connectivity index (χ1n) is 7.61. The topological polar surface area (TPSA) is 50.7 Å². The molecule has 0 saturated heterocycles. The van der Waals surface area contributed by atoms with Crippen LogP contribution in [0.15, 0.2) is 18.3 Å². The second-order valence-electron chi connectivity index (χ2n) is 5.97. The third-order valence-electron chi connectivity index (χ3n) is 4.08. The van der Waals surface area contributed by atoms with E-state index in [0.29, 0.717) is 5.92 Å². The van der Waals surface area contributed by atoms with Crippen LogP contribution < -0.4 is 5.32 Å². The number of pyridine rings is 1. The van der Waals surface area contributed by atoms with Crippen LogP contribution in [0.5, 0.6) is 0 Å². The van der Waals surface area contributed by atoms with Gasteiger partial charge in [-0.1, -0.05) is 0 Å². The van der Waals surface area contributed by atoms with Gasteiger partial charge in [0.05, 0.1) is 0 Å². The van der Waals surface area contributed by atoms with E-state index in [2.05, 4.69) is 27.4 Å². The molecule has 0 saturated carbocycles. The van der Waals surface area contributed by atoms with E-state index in [0.717, 1.165) is 42.2 Å². The first kappa shape index (κ1) is 14.1. The van der Waals surface area contributed by atoms with Gasteiger partial charge in [-0.25, -0.2) is 9.97 Å². The highest BCUT2D eigenvalue weighted by Gasteiger charge is 2.20. The normalized spacial score (nSPS) is 17.6. The molecule has 0 bridgehead atoms. The first-order valence-corrected chi connectivity index (χ1v) is 7.61. The summed E-state index contributed by atoms with van der Waals surface area (Å²) in [5.41, 5.74) is 5.63. The Labute approximate surface area is 126 Å². The van der Waals surface area contributed by atoms with Crippen LogP contribution in [0.3, 0.4) is 0 Å². The minimum Gasteiger partial charge on any atom is -0.319 e. The Morgan fingerprint density at radius 1 is 1.19 bits per heavy atom. The lowest BCUT2D eigenvalue weighted by molar-refractivity contribution is 0.434. The lowest BCUT2D eigenvalue weighted by atomic mass is 9.87. The number of aryl methyl sites for hydroxylation is 3. The van der Waals surface area contributed by atoms with Crippen LogP contribution in [0.25, 0.3) is 11.4 Å². The highest BCUT2D eigenvalue weighted by molar-refractivity contribution is 5.56. The SMILES string of the molecule is CNCC1CCc2nc(-c3cc(C)nc(C)c3)ncc2C1. The molecule has 4 heteroatoms. The maximum Gasteiger partial charge on any atom is 0.159 e. The number of nitrogens with one attached hydrogen (secondary N) is 1. The highest BCUT2D eigenvalue weighted by atomic mass is 14.9. The van der Waals surface area contributed by atoms with Crippen LogP contribution >= 0.6 is 0 Å². The fraction of sp³-hybridized carbons (Fsp3) is 0.471. The van der Waals surface area contributed by atoms with Gasteiger partial charge < -0.3 is 5.32 Å². The molecular weight excluding hydrogens is 260 g/mol. The van der Waals surface area contributed by atoms with Crippen LogP contribution in [0.2, 0.25) is 0 Å². The highest BCUT2D eigenvalue weighted by Crippen LogP contribution is 2.26. The van der Waals surface area contributed by atoms with Gasteiger partial charge in [0.25, 0.3) is 0 Å². The van der Waals surface area contributed by atoms with Gasteiger partial charge in [-0.3, -0.25) is 4.98 Å². The molecule has 21 heavy (non-hydrogen) atoms. The monoisotopic (exact) mass is 282 g/mol.